The van der Waals surface area contributed by atoms with Gasteiger partial charge >= 0.3 is 0 Å². The first-order chi connectivity index (χ1) is 10.2. The molecule has 0 unspecified atom stereocenters. The highest BCUT2D eigenvalue weighted by atomic mass is 35.5. The summed E-state index contributed by atoms with van der Waals surface area (Å²) in [7, 11) is -4.09. The molecule has 0 fully saturated rings. The highest BCUT2D eigenvalue weighted by molar-refractivity contribution is 7.92. The standard InChI is InChI=1S/C12H7Cl3N2O4S/c13-7-4-10(14)12(11(15)5-7)16-22(20,21)9-3-1-2-8(6-9)17(18)19/h1-6,16H. The van der Waals surface area contributed by atoms with E-state index in [9.17, 15) is 18.5 Å². The van der Waals surface area contributed by atoms with Crippen molar-refractivity contribution < 1.29 is 13.3 Å². The lowest BCUT2D eigenvalue weighted by atomic mass is 10.3. The minimum Gasteiger partial charge on any atom is -0.277 e. The van der Waals surface area contributed by atoms with Gasteiger partial charge in [-0.05, 0) is 18.2 Å². The Morgan fingerprint density at radius 1 is 1.05 bits per heavy atom. The number of nitrogens with zero attached hydrogens (tertiary/aromatic N) is 1. The quantitative estimate of drug-likeness (QED) is 0.629. The maximum atomic E-state index is 12.3. The number of rotatable bonds is 4. The molecular formula is C12H7Cl3N2O4S. The molecule has 1 N–H and O–H groups in total. The predicted molar refractivity (Wildman–Crippen MR) is 85.4 cm³/mol. The summed E-state index contributed by atoms with van der Waals surface area (Å²) >= 11 is 17.6. The maximum absolute atomic E-state index is 12.3. The molecule has 0 amide bonds. The number of benzene rings is 2. The Morgan fingerprint density at radius 2 is 1.64 bits per heavy atom. The Morgan fingerprint density at radius 3 is 2.18 bits per heavy atom. The van der Waals surface area contributed by atoms with Crippen molar-refractivity contribution in [2.75, 3.05) is 4.72 Å². The third-order valence-corrected chi connectivity index (χ3v) is 4.74. The van der Waals surface area contributed by atoms with Crippen molar-refractivity contribution >= 4 is 56.2 Å². The molecule has 0 spiro atoms. The smallest absolute Gasteiger partial charge is 0.270 e. The average Bonchev–Trinajstić information content (AvgIpc) is 2.43. The molecule has 0 aliphatic carbocycles. The Balaban J connectivity index is 2.45. The second-order valence-electron chi connectivity index (χ2n) is 4.10. The van der Waals surface area contributed by atoms with Crippen molar-refractivity contribution in [1.82, 2.24) is 0 Å². The van der Waals surface area contributed by atoms with E-state index >= 15 is 0 Å². The second kappa shape index (κ2) is 6.29. The fraction of sp³-hybridized carbons (Fsp3) is 0. The van der Waals surface area contributed by atoms with Crippen molar-refractivity contribution in [2.24, 2.45) is 0 Å². The summed E-state index contributed by atoms with van der Waals surface area (Å²) in [4.78, 5) is 9.74. The topological polar surface area (TPSA) is 89.3 Å². The summed E-state index contributed by atoms with van der Waals surface area (Å²) in [6, 6.07) is 7.23. The summed E-state index contributed by atoms with van der Waals surface area (Å²) < 4.78 is 26.8. The van der Waals surface area contributed by atoms with Crippen molar-refractivity contribution in [3.05, 3.63) is 61.6 Å². The predicted octanol–water partition coefficient (Wildman–Crippen LogP) is 4.36. The van der Waals surface area contributed by atoms with Crippen LogP contribution in [0.5, 0.6) is 0 Å². The zero-order valence-corrected chi connectivity index (χ0v) is 13.7. The van der Waals surface area contributed by atoms with E-state index < -0.39 is 14.9 Å². The molecular weight excluding hydrogens is 375 g/mol. The van der Waals surface area contributed by atoms with Crippen LogP contribution in [0.3, 0.4) is 0 Å². The van der Waals surface area contributed by atoms with Gasteiger partial charge in [0.15, 0.2) is 0 Å². The van der Waals surface area contributed by atoms with Crippen LogP contribution in [0.1, 0.15) is 0 Å². The van der Waals surface area contributed by atoms with Gasteiger partial charge in [0.2, 0.25) is 0 Å². The summed E-state index contributed by atoms with van der Waals surface area (Å²) in [5.74, 6) is 0. The molecule has 0 heterocycles. The van der Waals surface area contributed by atoms with Gasteiger partial charge in [0, 0.05) is 17.2 Å². The second-order valence-corrected chi connectivity index (χ2v) is 7.04. The minimum atomic E-state index is -4.09. The molecule has 2 aromatic rings. The van der Waals surface area contributed by atoms with E-state index in [0.29, 0.717) is 0 Å². The van der Waals surface area contributed by atoms with E-state index in [1.54, 1.807) is 0 Å². The van der Waals surface area contributed by atoms with Crippen LogP contribution in [0.4, 0.5) is 11.4 Å². The molecule has 0 aromatic heterocycles. The lowest BCUT2D eigenvalue weighted by Gasteiger charge is -2.11. The van der Waals surface area contributed by atoms with Gasteiger partial charge in [-0.3, -0.25) is 14.8 Å². The van der Waals surface area contributed by atoms with Crippen molar-refractivity contribution in [1.29, 1.82) is 0 Å². The Bertz CT molecular complexity index is 832. The molecule has 0 saturated carbocycles. The number of sulfonamides is 1. The van der Waals surface area contributed by atoms with Crippen LogP contribution in [0, 0.1) is 10.1 Å². The van der Waals surface area contributed by atoms with Gasteiger partial charge in [0.1, 0.15) is 0 Å². The molecule has 0 aliphatic heterocycles. The first-order valence-corrected chi connectivity index (χ1v) is 8.24. The fourth-order valence-corrected chi connectivity index (χ4v) is 3.76. The fourth-order valence-electron chi connectivity index (χ4n) is 1.60. The number of anilines is 1. The van der Waals surface area contributed by atoms with E-state index in [0.717, 1.165) is 6.07 Å². The summed E-state index contributed by atoms with van der Waals surface area (Å²) in [6.45, 7) is 0. The van der Waals surface area contributed by atoms with E-state index in [2.05, 4.69) is 4.72 Å². The molecule has 2 rings (SSSR count). The third kappa shape index (κ3) is 3.61. The number of hydrogen-bond acceptors (Lipinski definition) is 4. The van der Waals surface area contributed by atoms with Crippen LogP contribution in [0.2, 0.25) is 15.1 Å². The van der Waals surface area contributed by atoms with E-state index in [4.69, 9.17) is 34.8 Å². The number of halogens is 3. The molecule has 0 bridgehead atoms. The van der Waals surface area contributed by atoms with Crippen molar-refractivity contribution in [2.45, 2.75) is 4.90 Å². The first kappa shape index (κ1) is 16.8. The van der Waals surface area contributed by atoms with Crippen LogP contribution in [-0.4, -0.2) is 13.3 Å². The largest absolute Gasteiger partial charge is 0.277 e. The summed E-state index contributed by atoms with van der Waals surface area (Å²) in [5.41, 5.74) is -0.407. The number of hydrogen-bond donors (Lipinski definition) is 1. The molecule has 0 aliphatic rings. The number of non-ortho nitro benzene ring substituents is 1. The Labute approximate surface area is 140 Å². The number of nitrogens with one attached hydrogen (secondary N) is 1. The molecule has 116 valence electrons. The van der Waals surface area contributed by atoms with Crippen LogP contribution >= 0.6 is 34.8 Å². The minimum absolute atomic E-state index is 0.00602. The normalized spacial score (nSPS) is 11.2. The van der Waals surface area contributed by atoms with Gasteiger partial charge in [0.25, 0.3) is 15.7 Å². The molecule has 22 heavy (non-hydrogen) atoms. The molecule has 6 nitrogen and oxygen atoms in total. The van der Waals surface area contributed by atoms with Gasteiger partial charge in [-0.2, -0.15) is 0 Å². The summed E-state index contributed by atoms with van der Waals surface area (Å²) in [5, 5.41) is 11.0. The SMILES string of the molecule is O=[N+]([O-])c1cccc(S(=O)(=O)Nc2c(Cl)cc(Cl)cc2Cl)c1. The molecule has 0 radical (unpaired) electrons. The zero-order valence-electron chi connectivity index (χ0n) is 10.6. The van der Waals surface area contributed by atoms with E-state index in [1.165, 1.54) is 30.3 Å². The molecule has 2 aromatic carbocycles. The van der Waals surface area contributed by atoms with Gasteiger partial charge < -0.3 is 0 Å². The lowest BCUT2D eigenvalue weighted by Crippen LogP contribution is -2.13. The van der Waals surface area contributed by atoms with Crippen LogP contribution in [0.15, 0.2) is 41.3 Å². The monoisotopic (exact) mass is 380 g/mol. The van der Waals surface area contributed by atoms with E-state index in [1.807, 2.05) is 0 Å². The van der Waals surface area contributed by atoms with Crippen LogP contribution < -0.4 is 4.72 Å². The van der Waals surface area contributed by atoms with Crippen LogP contribution in [0.25, 0.3) is 0 Å². The lowest BCUT2D eigenvalue weighted by molar-refractivity contribution is -0.385. The Hall–Kier alpha value is -1.54. The van der Waals surface area contributed by atoms with Gasteiger partial charge in [-0.15, -0.1) is 0 Å². The third-order valence-electron chi connectivity index (χ3n) is 2.58. The first-order valence-electron chi connectivity index (χ1n) is 5.62. The average molecular weight is 382 g/mol. The Kier molecular flexibility index (Phi) is 4.81. The van der Waals surface area contributed by atoms with Crippen LogP contribution in [-0.2, 0) is 10.0 Å². The number of nitro benzene ring substituents is 1. The number of nitro groups is 1. The van der Waals surface area contributed by atoms with Crippen molar-refractivity contribution in [3.8, 4) is 0 Å². The van der Waals surface area contributed by atoms with Gasteiger partial charge in [-0.25, -0.2) is 8.42 Å². The van der Waals surface area contributed by atoms with Gasteiger partial charge in [0.05, 0.1) is 25.6 Å². The molecule has 0 saturated heterocycles. The zero-order chi connectivity index (χ0) is 16.5. The molecule has 0 atom stereocenters. The summed E-state index contributed by atoms with van der Waals surface area (Å²) in [6.07, 6.45) is 0. The highest BCUT2D eigenvalue weighted by Crippen LogP contribution is 2.35. The maximum Gasteiger partial charge on any atom is 0.270 e. The van der Waals surface area contributed by atoms with Crippen molar-refractivity contribution in [3.63, 3.8) is 0 Å². The van der Waals surface area contributed by atoms with Gasteiger partial charge in [-0.1, -0.05) is 40.9 Å². The van der Waals surface area contributed by atoms with E-state index in [-0.39, 0.29) is 31.3 Å². The highest BCUT2D eigenvalue weighted by Gasteiger charge is 2.20. The molecule has 10 heteroatoms.